The third-order valence-electron chi connectivity index (χ3n) is 2.68. The lowest BCUT2D eigenvalue weighted by atomic mass is 10.1. The molecule has 0 spiro atoms. The summed E-state index contributed by atoms with van der Waals surface area (Å²) in [6.45, 7) is 1.38. The quantitative estimate of drug-likeness (QED) is 0.526. The molecule has 2 atom stereocenters. The van der Waals surface area contributed by atoms with Crippen molar-refractivity contribution in [2.75, 3.05) is 27.8 Å². The lowest BCUT2D eigenvalue weighted by Crippen LogP contribution is -2.27. The van der Waals surface area contributed by atoms with Crippen LogP contribution < -0.4 is 0 Å². The number of ether oxygens (including phenoxy) is 1. The molecule has 0 N–H and O–H groups in total. The third kappa shape index (κ3) is 2.17. The van der Waals surface area contributed by atoms with Gasteiger partial charge in [-0.3, -0.25) is 0 Å². The molecule has 2 aliphatic rings. The van der Waals surface area contributed by atoms with E-state index in [0.29, 0.717) is 0 Å². The molecule has 2 unspecified atom stereocenters. The summed E-state index contributed by atoms with van der Waals surface area (Å²) in [7, 11) is 5.50. The molecule has 2 fully saturated rings. The second kappa shape index (κ2) is 4.07. The molecule has 0 aromatic rings. The summed E-state index contributed by atoms with van der Waals surface area (Å²) < 4.78 is 4.25. The van der Waals surface area contributed by atoms with Gasteiger partial charge >= 0.3 is 0 Å². The van der Waals surface area contributed by atoms with Gasteiger partial charge in [0.15, 0.2) is 0 Å². The molecule has 0 amide bonds. The van der Waals surface area contributed by atoms with Crippen molar-refractivity contribution in [1.29, 1.82) is 0 Å². The molecular weight excluding hydrogens is 138 g/mol. The van der Waals surface area contributed by atoms with Gasteiger partial charge in [0.25, 0.3) is 0 Å². The average Bonchev–Trinajstić information content (AvgIpc) is 2.48. The third-order valence-corrected chi connectivity index (χ3v) is 2.68. The van der Waals surface area contributed by atoms with E-state index in [1.165, 1.54) is 25.8 Å². The maximum absolute atomic E-state index is 4.25. The summed E-state index contributed by atoms with van der Waals surface area (Å²) in [4.78, 5) is 2.51. The van der Waals surface area contributed by atoms with E-state index in [2.05, 4.69) is 16.7 Å². The van der Waals surface area contributed by atoms with Crippen LogP contribution in [0.5, 0.6) is 0 Å². The highest BCUT2D eigenvalue weighted by atomic mass is 16.4. The van der Waals surface area contributed by atoms with Crippen molar-refractivity contribution in [3.05, 3.63) is 0 Å². The largest absolute Gasteiger partial charge is 0.388 e. The van der Waals surface area contributed by atoms with Crippen LogP contribution in [-0.4, -0.2) is 38.8 Å². The van der Waals surface area contributed by atoms with E-state index >= 15 is 0 Å². The zero-order valence-corrected chi connectivity index (χ0v) is 7.84. The Morgan fingerprint density at radius 2 is 1.91 bits per heavy atom. The van der Waals surface area contributed by atoms with Gasteiger partial charge in [-0.15, -0.1) is 0 Å². The fourth-order valence-electron chi connectivity index (χ4n) is 2.17. The Labute approximate surface area is 69.5 Å². The van der Waals surface area contributed by atoms with Crippen LogP contribution in [0.2, 0.25) is 0 Å². The molecule has 1 saturated heterocycles. The van der Waals surface area contributed by atoms with Gasteiger partial charge in [-0.05, 0) is 32.2 Å². The maximum Gasteiger partial charge on any atom is 0.0351 e. The predicted octanol–water partition coefficient (Wildman–Crippen LogP) is 1.36. The van der Waals surface area contributed by atoms with Crippen LogP contribution in [0.3, 0.4) is 0 Å². The van der Waals surface area contributed by atoms with Crippen molar-refractivity contribution in [3.8, 4) is 0 Å². The van der Waals surface area contributed by atoms with Crippen molar-refractivity contribution in [2.24, 2.45) is 5.92 Å². The van der Waals surface area contributed by atoms with Crippen LogP contribution in [-0.2, 0) is 4.74 Å². The zero-order valence-electron chi connectivity index (χ0n) is 7.84. The molecule has 2 rings (SSSR count). The standard InChI is InChI=1S/C7H13N.C2H6O/c1-8-5-6-2-3-7(8)4-6;1-3-2/h6-7H,2-5H2,1H3;1-2H3. The molecule has 0 aromatic carbocycles. The number of rotatable bonds is 0. The fourth-order valence-corrected chi connectivity index (χ4v) is 2.17. The molecule has 2 heteroatoms. The highest BCUT2D eigenvalue weighted by Crippen LogP contribution is 2.35. The summed E-state index contributed by atoms with van der Waals surface area (Å²) in [5.74, 6) is 1.07. The average molecular weight is 157 g/mol. The van der Waals surface area contributed by atoms with Crippen LogP contribution in [0.1, 0.15) is 19.3 Å². The van der Waals surface area contributed by atoms with E-state index in [4.69, 9.17) is 0 Å². The molecule has 2 nitrogen and oxygen atoms in total. The molecule has 1 saturated carbocycles. The van der Waals surface area contributed by atoms with Crippen molar-refractivity contribution < 1.29 is 4.74 Å². The first-order chi connectivity index (χ1) is 5.27. The van der Waals surface area contributed by atoms with Gasteiger partial charge in [-0.1, -0.05) is 0 Å². The van der Waals surface area contributed by atoms with Crippen LogP contribution >= 0.6 is 0 Å². The van der Waals surface area contributed by atoms with E-state index in [-0.39, 0.29) is 0 Å². The first-order valence-electron chi connectivity index (χ1n) is 4.38. The fraction of sp³-hybridized carbons (Fsp3) is 1.00. The van der Waals surface area contributed by atoms with Crippen molar-refractivity contribution in [3.63, 3.8) is 0 Å². The van der Waals surface area contributed by atoms with E-state index in [1.807, 2.05) is 0 Å². The van der Waals surface area contributed by atoms with Crippen molar-refractivity contribution in [1.82, 2.24) is 4.90 Å². The summed E-state index contributed by atoms with van der Waals surface area (Å²) in [6, 6.07) is 0.972. The zero-order chi connectivity index (χ0) is 8.27. The normalized spacial score (nSPS) is 35.2. The Hall–Kier alpha value is -0.0800. The maximum atomic E-state index is 4.25. The number of likely N-dealkylation sites (tertiary alicyclic amines) is 1. The second-order valence-corrected chi connectivity index (χ2v) is 3.68. The lowest BCUT2D eigenvalue weighted by molar-refractivity contribution is 0.261. The Morgan fingerprint density at radius 1 is 1.27 bits per heavy atom. The van der Waals surface area contributed by atoms with Gasteiger partial charge < -0.3 is 9.64 Å². The van der Waals surface area contributed by atoms with E-state index < -0.39 is 0 Å². The van der Waals surface area contributed by atoms with Gasteiger partial charge in [-0.2, -0.15) is 0 Å². The molecule has 2 bridgehead atoms. The SMILES string of the molecule is CN1CC2CCC1C2.COC. The van der Waals surface area contributed by atoms with Crippen LogP contribution in [0.25, 0.3) is 0 Å². The number of hydrogen-bond donors (Lipinski definition) is 0. The Kier molecular flexibility index (Phi) is 3.34. The summed E-state index contributed by atoms with van der Waals surface area (Å²) in [5, 5.41) is 0. The van der Waals surface area contributed by atoms with Gasteiger partial charge in [-0.25, -0.2) is 0 Å². The smallest absolute Gasteiger partial charge is 0.0351 e. The minimum atomic E-state index is 0.972. The van der Waals surface area contributed by atoms with Crippen LogP contribution in [0.4, 0.5) is 0 Å². The minimum Gasteiger partial charge on any atom is -0.388 e. The van der Waals surface area contributed by atoms with Gasteiger partial charge in [0.05, 0.1) is 0 Å². The molecule has 0 aromatic heterocycles. The first-order valence-corrected chi connectivity index (χ1v) is 4.38. The summed E-state index contributed by atoms with van der Waals surface area (Å²) in [5.41, 5.74) is 0. The van der Waals surface area contributed by atoms with Gasteiger partial charge in [0.1, 0.15) is 0 Å². The molecule has 1 heterocycles. The van der Waals surface area contributed by atoms with E-state index in [0.717, 1.165) is 12.0 Å². The molecule has 1 aliphatic carbocycles. The Morgan fingerprint density at radius 3 is 2.09 bits per heavy atom. The minimum absolute atomic E-state index is 0.972. The first kappa shape index (κ1) is 9.01. The van der Waals surface area contributed by atoms with E-state index in [1.54, 1.807) is 14.2 Å². The number of methoxy groups -OCH3 is 1. The van der Waals surface area contributed by atoms with Crippen LogP contribution in [0.15, 0.2) is 0 Å². The molecule has 0 radical (unpaired) electrons. The highest BCUT2D eigenvalue weighted by Gasteiger charge is 2.34. The number of nitrogens with zero attached hydrogens (tertiary/aromatic N) is 1. The summed E-state index contributed by atoms with van der Waals surface area (Å²) >= 11 is 0. The van der Waals surface area contributed by atoms with E-state index in [9.17, 15) is 0 Å². The van der Waals surface area contributed by atoms with Gasteiger partial charge in [0.2, 0.25) is 0 Å². The molecular formula is C9H19NO. The number of hydrogen-bond acceptors (Lipinski definition) is 2. The van der Waals surface area contributed by atoms with Crippen molar-refractivity contribution >= 4 is 0 Å². The predicted molar refractivity (Wildman–Crippen MR) is 46.7 cm³/mol. The van der Waals surface area contributed by atoms with Crippen molar-refractivity contribution in [2.45, 2.75) is 25.3 Å². The Bertz CT molecular complexity index is 114. The molecule has 66 valence electrons. The molecule has 1 aliphatic heterocycles. The Balaban J connectivity index is 0.000000179. The monoisotopic (exact) mass is 157 g/mol. The topological polar surface area (TPSA) is 12.5 Å². The highest BCUT2D eigenvalue weighted by molar-refractivity contribution is 4.89. The lowest BCUT2D eigenvalue weighted by Gasteiger charge is -2.20. The number of piperidine rings is 1. The summed E-state index contributed by atoms with van der Waals surface area (Å²) in [6.07, 6.45) is 4.48. The number of fused-ring (bicyclic) bond motifs is 2. The van der Waals surface area contributed by atoms with Gasteiger partial charge in [0, 0.05) is 26.8 Å². The second-order valence-electron chi connectivity index (χ2n) is 3.68. The van der Waals surface area contributed by atoms with Crippen LogP contribution in [0, 0.1) is 5.92 Å². The molecule has 11 heavy (non-hydrogen) atoms.